The molecular weight excluding hydrogens is 313 g/mol. The van der Waals surface area contributed by atoms with Crippen LogP contribution in [-0.4, -0.2) is 0 Å². The van der Waals surface area contributed by atoms with Gasteiger partial charge in [0.05, 0.1) is 0 Å². The van der Waals surface area contributed by atoms with E-state index < -0.39 is 0 Å². The molecule has 0 rings (SSSR count). The predicted molar refractivity (Wildman–Crippen MR) is 77.5 cm³/mol. The molecule has 0 radical (unpaired) electrons. The van der Waals surface area contributed by atoms with E-state index in [4.69, 9.17) is 0 Å². The van der Waals surface area contributed by atoms with Gasteiger partial charge in [-0.1, -0.05) is 0 Å². The first-order valence-electron chi connectivity index (χ1n) is 7.41. The zero-order chi connectivity index (χ0) is 11.2. The van der Waals surface area contributed by atoms with E-state index in [9.17, 15) is 0 Å². The van der Waals surface area contributed by atoms with Gasteiger partial charge in [0.25, 0.3) is 0 Å². The predicted octanol–water partition coefficient (Wildman–Crippen LogP) is 6.42. The van der Waals surface area contributed by atoms with Crippen LogP contribution in [0.5, 0.6) is 0 Å². The second kappa shape index (κ2) is 18.5. The van der Waals surface area contributed by atoms with Crippen LogP contribution >= 0.6 is 17.0 Å². The van der Waals surface area contributed by atoms with Gasteiger partial charge in [0.15, 0.2) is 0 Å². The Labute approximate surface area is 122 Å². The van der Waals surface area contributed by atoms with Gasteiger partial charge in [0, 0.05) is 0 Å². The van der Waals surface area contributed by atoms with E-state index >= 15 is 0 Å². The molecule has 0 aromatic rings. The molecule has 16 heavy (non-hydrogen) atoms. The maximum atomic E-state index is 2.30. The molecule has 0 aliphatic rings. The fourth-order valence-electron chi connectivity index (χ4n) is 2.09. The average Bonchev–Trinajstić information content (AvgIpc) is 2.26. The second-order valence-electron chi connectivity index (χ2n) is 4.89. The van der Waals surface area contributed by atoms with Crippen molar-refractivity contribution < 1.29 is 17.1 Å². The fourth-order valence-corrected chi connectivity index (χ4v) is 5.80. The first kappa shape index (κ1) is 19.4. The van der Waals surface area contributed by atoms with Gasteiger partial charge in [-0.3, -0.25) is 0 Å². The summed E-state index contributed by atoms with van der Waals surface area (Å²) in [5.41, 5.74) is 0. The summed E-state index contributed by atoms with van der Waals surface area (Å²) in [5, 5.41) is 3.34. The molecule has 0 aromatic heterocycles. The van der Waals surface area contributed by atoms with Gasteiger partial charge in [-0.25, -0.2) is 0 Å². The van der Waals surface area contributed by atoms with Crippen LogP contribution in [-0.2, 0) is 17.1 Å². The van der Waals surface area contributed by atoms with E-state index in [-0.39, 0.29) is 34.1 Å². The van der Waals surface area contributed by atoms with E-state index in [1.807, 2.05) is 0 Å². The third kappa shape index (κ3) is 17.5. The molecule has 0 aliphatic carbocycles. The first-order chi connectivity index (χ1) is 7.41. The molecule has 0 aromatic carbocycles. The quantitative estimate of drug-likeness (QED) is 0.283. The molecule has 0 aliphatic heterocycles. The van der Waals surface area contributed by atoms with Crippen LogP contribution < -0.4 is 0 Å². The van der Waals surface area contributed by atoms with Crippen molar-refractivity contribution in [3.05, 3.63) is 0 Å². The summed E-state index contributed by atoms with van der Waals surface area (Å²) in [6.07, 6.45) is 14.9. The summed E-state index contributed by atoms with van der Waals surface area (Å²) >= 11 is -0.0551. The van der Waals surface area contributed by atoms with Gasteiger partial charge < -0.3 is 0 Å². The number of hydrogen-bond donors (Lipinski definition) is 0. The zero-order valence-electron chi connectivity index (χ0n) is 11.6. The molecule has 0 bridgehead atoms. The van der Waals surface area contributed by atoms with Crippen molar-refractivity contribution >= 4 is 17.0 Å². The van der Waals surface area contributed by atoms with Crippen molar-refractivity contribution in [2.45, 2.75) is 88.1 Å². The topological polar surface area (TPSA) is 0 Å². The molecule has 0 atom stereocenters. The van der Waals surface area contributed by atoms with Crippen molar-refractivity contribution in [2.75, 3.05) is 0 Å². The summed E-state index contributed by atoms with van der Waals surface area (Å²) in [4.78, 5) is 0. The van der Waals surface area contributed by atoms with Gasteiger partial charge in [-0.05, 0) is 0 Å². The molecule has 0 amide bonds. The van der Waals surface area contributed by atoms with Crippen LogP contribution in [0.25, 0.3) is 0 Å². The first-order valence-corrected chi connectivity index (χ1v) is 11.6. The third-order valence-corrected chi connectivity index (χ3v) is 7.40. The number of rotatable bonds is 12. The van der Waals surface area contributed by atoms with E-state index in [2.05, 4.69) is 13.8 Å². The Hall–Kier alpha value is 1.10. The summed E-state index contributed by atoms with van der Waals surface area (Å²) in [7, 11) is 0. The molecule has 0 heterocycles. The Morgan fingerprint density at radius 3 is 1.44 bits per heavy atom. The van der Waals surface area contributed by atoms with E-state index in [0.29, 0.717) is 0 Å². The fraction of sp³-hybridized carbons (Fsp3) is 1.00. The Morgan fingerprint density at radius 1 is 0.562 bits per heavy atom. The van der Waals surface area contributed by atoms with Crippen LogP contribution in [0, 0.1) is 0 Å². The maximum absolute atomic E-state index is 2.30. The van der Waals surface area contributed by atoms with Crippen LogP contribution in [0.2, 0.25) is 10.0 Å². The van der Waals surface area contributed by atoms with Crippen molar-refractivity contribution in [3.63, 3.8) is 0 Å². The second-order valence-corrected chi connectivity index (χ2v) is 9.34. The van der Waals surface area contributed by atoms with Gasteiger partial charge in [-0.2, -0.15) is 0 Å². The molecule has 96 valence electrons. The van der Waals surface area contributed by atoms with Crippen LogP contribution in [0.15, 0.2) is 0 Å². The van der Waals surface area contributed by atoms with Crippen molar-refractivity contribution in [2.24, 2.45) is 0 Å². The SMILES string of the molecule is Br.CCCCCCC[CH2][Zn][CH2]CCCCC. The summed E-state index contributed by atoms with van der Waals surface area (Å²) in [5.74, 6) is 0. The van der Waals surface area contributed by atoms with E-state index in [1.165, 1.54) is 51.4 Å². The monoisotopic (exact) mass is 342 g/mol. The van der Waals surface area contributed by atoms with Crippen LogP contribution in [0.3, 0.4) is 0 Å². The molecule has 0 unspecified atom stereocenters. The van der Waals surface area contributed by atoms with Crippen LogP contribution in [0.4, 0.5) is 0 Å². The van der Waals surface area contributed by atoms with Gasteiger partial charge in [0.2, 0.25) is 0 Å². The van der Waals surface area contributed by atoms with E-state index in [1.54, 1.807) is 22.9 Å². The summed E-state index contributed by atoms with van der Waals surface area (Å²) in [6, 6.07) is 0. The minimum absolute atomic E-state index is 0. The van der Waals surface area contributed by atoms with E-state index in [0.717, 1.165) is 0 Å². The minimum atomic E-state index is -0.0551. The molecule has 2 heteroatoms. The Balaban J connectivity index is 0. The third-order valence-electron chi connectivity index (χ3n) is 3.21. The Morgan fingerprint density at radius 2 is 0.938 bits per heavy atom. The normalized spacial score (nSPS) is 9.62. The molecule has 0 fully saturated rings. The van der Waals surface area contributed by atoms with Crippen molar-refractivity contribution in [1.82, 2.24) is 0 Å². The summed E-state index contributed by atoms with van der Waals surface area (Å²) in [6.45, 7) is 4.60. The van der Waals surface area contributed by atoms with Gasteiger partial charge in [0.1, 0.15) is 0 Å². The molecule has 0 saturated heterocycles. The Bertz CT molecular complexity index is 94.9. The number of halogens is 1. The van der Waals surface area contributed by atoms with Crippen LogP contribution in [0.1, 0.15) is 78.1 Å². The number of unbranched alkanes of at least 4 members (excludes halogenated alkanes) is 8. The zero-order valence-corrected chi connectivity index (χ0v) is 16.3. The van der Waals surface area contributed by atoms with Gasteiger partial charge >= 0.3 is 105 Å². The average molecular weight is 345 g/mol. The molecule has 0 spiro atoms. The number of hydrogen-bond acceptors (Lipinski definition) is 0. The molecular formula is C14H31BrZn. The van der Waals surface area contributed by atoms with Gasteiger partial charge in [-0.15, -0.1) is 17.0 Å². The molecule has 0 N–H and O–H groups in total. The Kier molecular flexibility index (Phi) is 22.4. The molecule has 0 saturated carbocycles. The van der Waals surface area contributed by atoms with Crippen molar-refractivity contribution in [1.29, 1.82) is 0 Å². The molecule has 0 nitrogen and oxygen atoms in total. The van der Waals surface area contributed by atoms with Crippen molar-refractivity contribution in [3.8, 4) is 0 Å². The summed E-state index contributed by atoms with van der Waals surface area (Å²) < 4.78 is 0. The standard InChI is InChI=1S/C8H17.C6H13.BrH.Zn/c1-3-5-7-8-6-4-2;1-3-5-6-4-2;;/h1,3-8H2,2H3;1,3-6H2,2H3;1H;.